The molecule has 0 radical (unpaired) electrons. The Balaban J connectivity index is 2.72. The molecule has 1 aromatic rings. The molecule has 0 aliphatic carbocycles. The van der Waals surface area contributed by atoms with E-state index in [1.165, 1.54) is 27.4 Å². The first-order valence-electron chi connectivity index (χ1n) is 6.99. The minimum absolute atomic E-state index is 0.0247. The van der Waals surface area contributed by atoms with Gasteiger partial charge in [-0.15, -0.1) is 0 Å². The van der Waals surface area contributed by atoms with E-state index in [2.05, 4.69) is 5.32 Å². The molecule has 0 aliphatic heterocycles. The molecule has 0 saturated heterocycles. The van der Waals surface area contributed by atoms with Gasteiger partial charge in [0.05, 0.1) is 21.3 Å². The average Bonchev–Trinajstić information content (AvgIpc) is 2.55. The van der Waals surface area contributed by atoms with Gasteiger partial charge in [-0.05, 0) is 30.2 Å². The fraction of sp³-hybridized carbons (Fsp3) is 0.375. The Bertz CT molecular complexity index is 557. The number of carbonyl (C=O) groups is 2. The Morgan fingerprint density at radius 2 is 1.74 bits per heavy atom. The van der Waals surface area contributed by atoms with Crippen LogP contribution in [0.25, 0.3) is 6.08 Å². The summed E-state index contributed by atoms with van der Waals surface area (Å²) in [6, 6.07) is 3.44. The highest BCUT2D eigenvalue weighted by molar-refractivity contribution is 5.91. The van der Waals surface area contributed by atoms with Crippen molar-refractivity contribution in [1.29, 1.82) is 0 Å². The standard InChI is InChI=1S/C16H21NO6/c1-21-12-9-11(10-13(22-2)16(12)23-3)6-7-14(18)17-8-4-5-15(19)20/h6-7,9-10H,4-5,8H2,1-3H3,(H,17,18)(H,19,20)/b7-6+. The molecule has 1 aromatic carbocycles. The largest absolute Gasteiger partial charge is 0.493 e. The minimum Gasteiger partial charge on any atom is -0.493 e. The summed E-state index contributed by atoms with van der Waals surface area (Å²) in [7, 11) is 4.54. The maximum absolute atomic E-state index is 11.7. The third-order valence-corrected chi connectivity index (χ3v) is 2.98. The molecule has 0 spiro atoms. The highest BCUT2D eigenvalue weighted by Crippen LogP contribution is 2.38. The van der Waals surface area contributed by atoms with Crippen LogP contribution < -0.4 is 19.5 Å². The van der Waals surface area contributed by atoms with Crippen LogP contribution >= 0.6 is 0 Å². The number of carbonyl (C=O) groups excluding carboxylic acids is 1. The Labute approximate surface area is 134 Å². The minimum atomic E-state index is -0.882. The third kappa shape index (κ3) is 5.90. The molecule has 0 heterocycles. The van der Waals surface area contributed by atoms with Crippen LogP contribution in [0.3, 0.4) is 0 Å². The van der Waals surface area contributed by atoms with Crippen LogP contribution in [0.1, 0.15) is 18.4 Å². The monoisotopic (exact) mass is 323 g/mol. The highest BCUT2D eigenvalue weighted by atomic mass is 16.5. The first kappa shape index (κ1) is 18.3. The molecule has 1 amide bonds. The van der Waals surface area contributed by atoms with E-state index in [9.17, 15) is 9.59 Å². The van der Waals surface area contributed by atoms with Crippen LogP contribution in [-0.2, 0) is 9.59 Å². The van der Waals surface area contributed by atoms with Gasteiger partial charge >= 0.3 is 5.97 Å². The first-order chi connectivity index (χ1) is 11.0. The fourth-order valence-electron chi connectivity index (χ4n) is 1.88. The zero-order chi connectivity index (χ0) is 17.2. The molecule has 0 aromatic heterocycles. The van der Waals surface area contributed by atoms with E-state index in [4.69, 9.17) is 19.3 Å². The Hall–Kier alpha value is -2.70. The Morgan fingerprint density at radius 1 is 1.13 bits per heavy atom. The van der Waals surface area contributed by atoms with E-state index >= 15 is 0 Å². The van der Waals surface area contributed by atoms with Gasteiger partial charge in [0.2, 0.25) is 11.7 Å². The zero-order valence-corrected chi connectivity index (χ0v) is 13.4. The second-order valence-corrected chi connectivity index (χ2v) is 4.58. The van der Waals surface area contributed by atoms with Crippen molar-refractivity contribution in [3.8, 4) is 17.2 Å². The number of carboxylic acids is 1. The van der Waals surface area contributed by atoms with Crippen molar-refractivity contribution < 1.29 is 28.9 Å². The summed E-state index contributed by atoms with van der Waals surface area (Å²) < 4.78 is 15.7. The van der Waals surface area contributed by atoms with Crippen LogP contribution in [-0.4, -0.2) is 44.9 Å². The summed E-state index contributed by atoms with van der Waals surface area (Å²) in [5, 5.41) is 11.1. The van der Waals surface area contributed by atoms with Crippen molar-refractivity contribution in [3.63, 3.8) is 0 Å². The molecule has 2 N–H and O–H groups in total. The number of hydrogen-bond donors (Lipinski definition) is 2. The SMILES string of the molecule is COc1cc(/C=C/C(=O)NCCCC(=O)O)cc(OC)c1OC. The number of methoxy groups -OCH3 is 3. The van der Waals surface area contributed by atoms with Gasteiger partial charge in [-0.2, -0.15) is 0 Å². The lowest BCUT2D eigenvalue weighted by Gasteiger charge is -2.12. The molecule has 23 heavy (non-hydrogen) atoms. The van der Waals surface area contributed by atoms with Crippen LogP contribution in [0.4, 0.5) is 0 Å². The van der Waals surface area contributed by atoms with Gasteiger partial charge in [0.25, 0.3) is 0 Å². The number of benzene rings is 1. The molecular formula is C16H21NO6. The number of aliphatic carboxylic acids is 1. The topological polar surface area (TPSA) is 94.1 Å². The van der Waals surface area contributed by atoms with Gasteiger partial charge < -0.3 is 24.6 Å². The summed E-state index contributed by atoms with van der Waals surface area (Å²) in [6.07, 6.45) is 3.38. The van der Waals surface area contributed by atoms with E-state index in [0.717, 1.165) is 0 Å². The average molecular weight is 323 g/mol. The normalized spacial score (nSPS) is 10.4. The molecule has 7 nitrogen and oxygen atoms in total. The number of ether oxygens (including phenoxy) is 3. The molecule has 1 rings (SSSR count). The number of rotatable bonds is 9. The molecule has 7 heteroatoms. The second kappa shape index (κ2) is 9.34. The number of nitrogens with one attached hydrogen (secondary N) is 1. The van der Waals surface area contributed by atoms with E-state index in [1.54, 1.807) is 18.2 Å². The predicted molar refractivity (Wildman–Crippen MR) is 85.0 cm³/mol. The van der Waals surface area contributed by atoms with Gasteiger partial charge in [-0.25, -0.2) is 0 Å². The lowest BCUT2D eigenvalue weighted by Crippen LogP contribution is -2.22. The number of hydrogen-bond acceptors (Lipinski definition) is 5. The molecule has 0 aliphatic rings. The summed E-state index contributed by atoms with van der Waals surface area (Å²) in [6.45, 7) is 0.310. The molecule has 0 unspecified atom stereocenters. The summed E-state index contributed by atoms with van der Waals surface area (Å²) in [4.78, 5) is 22.0. The number of carboxylic acid groups (broad SMARTS) is 1. The van der Waals surface area contributed by atoms with Crippen molar-refractivity contribution >= 4 is 18.0 Å². The van der Waals surface area contributed by atoms with E-state index < -0.39 is 5.97 Å². The van der Waals surface area contributed by atoms with Crippen molar-refractivity contribution in [1.82, 2.24) is 5.32 Å². The maximum Gasteiger partial charge on any atom is 0.303 e. The first-order valence-corrected chi connectivity index (χ1v) is 6.99. The molecule has 126 valence electrons. The smallest absolute Gasteiger partial charge is 0.303 e. The van der Waals surface area contributed by atoms with Crippen LogP contribution in [0.15, 0.2) is 18.2 Å². The van der Waals surface area contributed by atoms with Crippen molar-refractivity contribution in [2.45, 2.75) is 12.8 Å². The molecular weight excluding hydrogens is 302 g/mol. The predicted octanol–water partition coefficient (Wildman–Crippen LogP) is 1.71. The third-order valence-electron chi connectivity index (χ3n) is 2.98. The lowest BCUT2D eigenvalue weighted by atomic mass is 10.1. The Kier molecular flexibility index (Phi) is 7.45. The Morgan fingerprint density at radius 3 is 2.22 bits per heavy atom. The van der Waals surface area contributed by atoms with Crippen LogP contribution in [0.2, 0.25) is 0 Å². The van der Waals surface area contributed by atoms with E-state index in [1.807, 2.05) is 0 Å². The molecule has 0 atom stereocenters. The highest BCUT2D eigenvalue weighted by Gasteiger charge is 2.12. The fourth-order valence-corrected chi connectivity index (χ4v) is 1.88. The molecule has 0 fully saturated rings. The van der Waals surface area contributed by atoms with Crippen molar-refractivity contribution in [2.75, 3.05) is 27.9 Å². The van der Waals surface area contributed by atoms with Gasteiger partial charge in [-0.3, -0.25) is 9.59 Å². The van der Waals surface area contributed by atoms with Crippen LogP contribution in [0.5, 0.6) is 17.2 Å². The second-order valence-electron chi connectivity index (χ2n) is 4.58. The summed E-state index contributed by atoms with van der Waals surface area (Å²) in [5.41, 5.74) is 0.709. The van der Waals surface area contributed by atoms with Crippen molar-refractivity contribution in [2.24, 2.45) is 0 Å². The summed E-state index contributed by atoms with van der Waals surface area (Å²) in [5.74, 6) is 0.281. The molecule has 0 bridgehead atoms. The van der Waals surface area contributed by atoms with Gasteiger partial charge in [0.15, 0.2) is 11.5 Å². The number of amides is 1. The molecule has 0 saturated carbocycles. The van der Waals surface area contributed by atoms with Gasteiger partial charge in [0.1, 0.15) is 0 Å². The summed E-state index contributed by atoms with van der Waals surface area (Å²) >= 11 is 0. The van der Waals surface area contributed by atoms with Crippen molar-refractivity contribution in [3.05, 3.63) is 23.8 Å². The zero-order valence-electron chi connectivity index (χ0n) is 13.4. The lowest BCUT2D eigenvalue weighted by molar-refractivity contribution is -0.137. The van der Waals surface area contributed by atoms with E-state index in [0.29, 0.717) is 35.8 Å². The van der Waals surface area contributed by atoms with Gasteiger partial charge in [0, 0.05) is 19.0 Å². The van der Waals surface area contributed by atoms with Gasteiger partial charge in [-0.1, -0.05) is 0 Å². The maximum atomic E-state index is 11.7. The van der Waals surface area contributed by atoms with E-state index in [-0.39, 0.29) is 12.3 Å². The van der Waals surface area contributed by atoms with Crippen LogP contribution in [0, 0.1) is 0 Å². The quantitative estimate of drug-likeness (QED) is 0.531.